The van der Waals surface area contributed by atoms with Crippen molar-refractivity contribution in [2.45, 2.75) is 18.9 Å². The second kappa shape index (κ2) is 4.67. The zero-order chi connectivity index (χ0) is 12.4. The molecule has 0 aromatic carbocycles. The molecule has 1 atom stereocenters. The molecule has 5 nitrogen and oxygen atoms in total. The number of likely N-dealkylation sites (tertiary alicyclic amines) is 1. The van der Waals surface area contributed by atoms with Crippen LogP contribution in [-0.2, 0) is 0 Å². The summed E-state index contributed by atoms with van der Waals surface area (Å²) in [5, 5.41) is 17.5. The fourth-order valence-electron chi connectivity index (χ4n) is 1.97. The van der Waals surface area contributed by atoms with Crippen LogP contribution in [0.25, 0.3) is 0 Å². The maximum atomic E-state index is 13.1. The topological polar surface area (TPSA) is 77.2 Å². The van der Waals surface area contributed by atoms with Crippen molar-refractivity contribution < 1.29 is 14.1 Å². The van der Waals surface area contributed by atoms with Crippen molar-refractivity contribution in [3.8, 4) is 0 Å². The monoisotopic (exact) mass is 239 g/mol. The molecule has 17 heavy (non-hydrogen) atoms. The molecule has 0 bridgehead atoms. The van der Waals surface area contributed by atoms with E-state index < -0.39 is 11.9 Å². The maximum absolute atomic E-state index is 13.1. The van der Waals surface area contributed by atoms with E-state index in [9.17, 15) is 9.50 Å². The Labute approximate surface area is 98.8 Å². The van der Waals surface area contributed by atoms with Crippen LogP contribution in [0.5, 0.6) is 0 Å². The number of nitrogens with zero attached hydrogens (tertiary/aromatic N) is 2. The fraction of sp³-hybridized carbons (Fsp3) is 0.455. The molecule has 1 aliphatic rings. The van der Waals surface area contributed by atoms with Crippen LogP contribution in [0.1, 0.15) is 12.8 Å². The van der Waals surface area contributed by atoms with Crippen molar-refractivity contribution in [3.63, 3.8) is 0 Å². The molecule has 0 spiro atoms. The van der Waals surface area contributed by atoms with Gasteiger partial charge in [-0.2, -0.15) is 9.98 Å². The van der Waals surface area contributed by atoms with Crippen molar-refractivity contribution in [1.29, 1.82) is 5.41 Å². The fourth-order valence-corrected chi connectivity index (χ4v) is 1.97. The molecule has 4 N–H and O–H groups in total. The smallest absolute Gasteiger partial charge is 0.346 e. The van der Waals surface area contributed by atoms with Crippen LogP contribution < -0.4 is 10.3 Å². The van der Waals surface area contributed by atoms with Gasteiger partial charge < -0.3 is 10.8 Å². The van der Waals surface area contributed by atoms with Crippen LogP contribution in [0.2, 0.25) is 0 Å². The summed E-state index contributed by atoms with van der Waals surface area (Å²) >= 11 is 0. The first kappa shape index (κ1) is 11.8. The highest BCUT2D eigenvalue weighted by Crippen LogP contribution is 2.09. The van der Waals surface area contributed by atoms with Crippen LogP contribution in [0, 0.1) is 11.2 Å². The van der Waals surface area contributed by atoms with Gasteiger partial charge in [0.2, 0.25) is 0 Å². The molecule has 92 valence electrons. The molecule has 1 fully saturated rings. The largest absolute Gasteiger partial charge is 0.390 e. The lowest BCUT2D eigenvalue weighted by molar-refractivity contribution is -0.553. The van der Waals surface area contributed by atoms with Crippen LogP contribution >= 0.6 is 0 Å². The highest BCUT2D eigenvalue weighted by molar-refractivity contribution is 5.68. The Morgan fingerprint density at radius 3 is 3.06 bits per heavy atom. The summed E-state index contributed by atoms with van der Waals surface area (Å²) in [4.78, 5) is 1.70. The highest BCUT2D eigenvalue weighted by atomic mass is 19.1. The average molecular weight is 239 g/mol. The van der Waals surface area contributed by atoms with Gasteiger partial charge in [-0.15, -0.1) is 0 Å². The van der Waals surface area contributed by atoms with E-state index in [4.69, 9.17) is 11.1 Å². The SMILES string of the molecule is N=C(N1CCC[C@H](O)C1)[n+]1cc(F)ccc1N. The molecule has 1 aromatic rings. The minimum absolute atomic E-state index is 0.0979. The number of anilines is 1. The van der Waals surface area contributed by atoms with Gasteiger partial charge in [0, 0.05) is 6.07 Å². The first-order valence-electron chi connectivity index (χ1n) is 5.56. The van der Waals surface area contributed by atoms with Gasteiger partial charge in [0.1, 0.15) is 0 Å². The van der Waals surface area contributed by atoms with E-state index in [1.807, 2.05) is 0 Å². The van der Waals surface area contributed by atoms with E-state index in [0.717, 1.165) is 12.8 Å². The first-order valence-corrected chi connectivity index (χ1v) is 5.56. The molecule has 0 aliphatic carbocycles. The van der Waals surface area contributed by atoms with Crippen LogP contribution in [0.15, 0.2) is 18.3 Å². The summed E-state index contributed by atoms with van der Waals surface area (Å²) in [6.07, 6.45) is 2.31. The molecule has 0 amide bonds. The van der Waals surface area contributed by atoms with E-state index in [-0.39, 0.29) is 5.96 Å². The number of aliphatic hydroxyl groups excluding tert-OH is 1. The molecule has 0 saturated carbocycles. The Hall–Kier alpha value is -1.69. The predicted octanol–water partition coefficient (Wildman–Crippen LogP) is -0.0650. The highest BCUT2D eigenvalue weighted by Gasteiger charge is 2.26. The van der Waals surface area contributed by atoms with E-state index in [0.29, 0.717) is 18.9 Å². The van der Waals surface area contributed by atoms with Crippen molar-refractivity contribution in [1.82, 2.24) is 4.90 Å². The van der Waals surface area contributed by atoms with Gasteiger partial charge in [0.05, 0.1) is 25.4 Å². The van der Waals surface area contributed by atoms with Gasteiger partial charge in [0.15, 0.2) is 11.6 Å². The summed E-state index contributed by atoms with van der Waals surface area (Å²) < 4.78 is 14.4. The third-order valence-electron chi connectivity index (χ3n) is 2.87. The molecule has 1 aromatic heterocycles. The number of halogens is 1. The third kappa shape index (κ3) is 2.52. The van der Waals surface area contributed by atoms with Gasteiger partial charge in [-0.1, -0.05) is 0 Å². The Morgan fingerprint density at radius 2 is 2.35 bits per heavy atom. The summed E-state index contributed by atoms with van der Waals surface area (Å²) in [5.41, 5.74) is 5.70. The van der Waals surface area contributed by atoms with Gasteiger partial charge in [-0.05, 0) is 18.9 Å². The average Bonchev–Trinajstić information content (AvgIpc) is 2.31. The molecule has 2 rings (SSSR count). The first-order chi connectivity index (χ1) is 8.08. The number of nitrogen functional groups attached to an aromatic ring is 1. The van der Waals surface area contributed by atoms with Crippen LogP contribution in [0.4, 0.5) is 10.2 Å². The lowest BCUT2D eigenvalue weighted by Gasteiger charge is -2.27. The van der Waals surface area contributed by atoms with E-state index in [1.165, 1.54) is 22.9 Å². The number of nitrogens with one attached hydrogen (secondary N) is 1. The van der Waals surface area contributed by atoms with E-state index in [1.54, 1.807) is 4.90 Å². The van der Waals surface area contributed by atoms with Crippen molar-refractivity contribution >= 4 is 11.8 Å². The lowest BCUT2D eigenvalue weighted by atomic mass is 10.1. The molecule has 1 aliphatic heterocycles. The number of aliphatic hydroxyl groups is 1. The Balaban J connectivity index is 2.21. The van der Waals surface area contributed by atoms with Crippen LogP contribution in [-0.4, -0.2) is 35.2 Å². The summed E-state index contributed by atoms with van der Waals surface area (Å²) in [6.45, 7) is 1.07. The normalized spacial score (nSPS) is 20.4. The van der Waals surface area contributed by atoms with Crippen molar-refractivity contribution in [2.24, 2.45) is 0 Å². The number of rotatable bonds is 0. The van der Waals surface area contributed by atoms with Gasteiger partial charge in [0.25, 0.3) is 0 Å². The van der Waals surface area contributed by atoms with Crippen LogP contribution in [0.3, 0.4) is 0 Å². The molecule has 0 radical (unpaired) electrons. The molecule has 6 heteroatoms. The molecular weight excluding hydrogens is 223 g/mol. The van der Waals surface area contributed by atoms with Crippen molar-refractivity contribution in [2.75, 3.05) is 18.8 Å². The number of piperidine rings is 1. The summed E-state index contributed by atoms with van der Waals surface area (Å²) in [7, 11) is 0. The molecule has 1 saturated heterocycles. The van der Waals surface area contributed by atoms with Gasteiger partial charge in [-0.3, -0.25) is 4.90 Å². The lowest BCUT2D eigenvalue weighted by Crippen LogP contribution is -2.57. The van der Waals surface area contributed by atoms with E-state index in [2.05, 4.69) is 0 Å². The van der Waals surface area contributed by atoms with E-state index >= 15 is 0 Å². The Bertz CT molecular complexity index is 437. The quantitative estimate of drug-likeness (QED) is 0.337. The second-order valence-corrected chi connectivity index (χ2v) is 4.21. The number of nitrogens with two attached hydrogens (primary N) is 1. The van der Waals surface area contributed by atoms with Gasteiger partial charge in [-0.25, -0.2) is 4.39 Å². The molecular formula is C11H16FN4O+. The zero-order valence-corrected chi connectivity index (χ0v) is 9.43. The number of hydrogen-bond donors (Lipinski definition) is 3. The molecule has 0 unspecified atom stereocenters. The number of aromatic nitrogens is 1. The molecule has 2 heterocycles. The summed E-state index contributed by atoms with van der Waals surface area (Å²) in [5.74, 6) is -0.0429. The minimum atomic E-state index is -0.443. The second-order valence-electron chi connectivity index (χ2n) is 4.21. The zero-order valence-electron chi connectivity index (χ0n) is 9.43. The third-order valence-corrected chi connectivity index (χ3v) is 2.87. The minimum Gasteiger partial charge on any atom is -0.390 e. The number of hydrogen-bond acceptors (Lipinski definition) is 3. The number of β-amino-alcohol motifs (C(OH)–C–C–N with tert-alkyl or cyclic N) is 1. The summed E-state index contributed by atoms with van der Waals surface area (Å²) in [6, 6.07) is 2.68. The number of pyridine rings is 1. The van der Waals surface area contributed by atoms with Gasteiger partial charge >= 0.3 is 5.96 Å². The Morgan fingerprint density at radius 1 is 1.59 bits per heavy atom. The predicted molar refractivity (Wildman–Crippen MR) is 60.9 cm³/mol. The standard InChI is InChI=1S/C11H15FN4O/c12-8-3-4-10(13)16(6-8)11(14)15-5-1-2-9(17)7-15/h3-4,6,9,13-14,17H,1-2,5,7H2/p+1/t9-/m0/s1. The van der Waals surface area contributed by atoms with Crippen molar-refractivity contribution in [3.05, 3.63) is 24.1 Å². The Kier molecular flexibility index (Phi) is 3.23. The maximum Gasteiger partial charge on any atom is 0.346 e.